The van der Waals surface area contributed by atoms with E-state index in [0.717, 1.165) is 9.90 Å². The summed E-state index contributed by atoms with van der Waals surface area (Å²) in [6.45, 7) is 2.73. The average molecular weight is 220 g/mol. The molecule has 0 aliphatic rings. The summed E-state index contributed by atoms with van der Waals surface area (Å²) in [7, 11) is 0. The Labute approximate surface area is 87.3 Å². The molecule has 3 N–H and O–H groups in total. The van der Waals surface area contributed by atoms with Crippen molar-refractivity contribution >= 4 is 22.9 Å². The number of nitrogens with two attached hydrogens (primary N) is 1. The van der Waals surface area contributed by atoms with Gasteiger partial charge in [0.25, 0.3) is 0 Å². The first-order valence-electron chi connectivity index (χ1n) is 4.18. The van der Waals surface area contributed by atoms with E-state index in [1.54, 1.807) is 0 Å². The highest BCUT2D eigenvalue weighted by atomic mass is 35.5. The summed E-state index contributed by atoms with van der Waals surface area (Å²) in [5, 5.41) is 10.9. The smallest absolute Gasteiger partial charge is 0.0931 e. The standard InChI is InChI=1S/C9H14ClNOS/c1-9(6-11,2-3-12)7-4-8(10)13-5-7/h4-5,12H,2-3,6,11H2,1H3. The number of aliphatic hydroxyl groups is 1. The fraction of sp³-hybridized carbons (Fsp3) is 0.556. The van der Waals surface area contributed by atoms with Crippen LogP contribution in [0.1, 0.15) is 18.9 Å². The normalized spacial score (nSPS) is 15.7. The van der Waals surface area contributed by atoms with Crippen LogP contribution in [0.4, 0.5) is 0 Å². The molecule has 0 amide bonds. The van der Waals surface area contributed by atoms with Gasteiger partial charge in [0.15, 0.2) is 0 Å². The summed E-state index contributed by atoms with van der Waals surface area (Å²) >= 11 is 7.34. The fourth-order valence-corrected chi connectivity index (χ4v) is 2.28. The van der Waals surface area contributed by atoms with Crippen molar-refractivity contribution in [2.45, 2.75) is 18.8 Å². The molecule has 4 heteroatoms. The minimum atomic E-state index is -0.140. The summed E-state index contributed by atoms with van der Waals surface area (Å²) in [5.74, 6) is 0. The maximum absolute atomic E-state index is 8.92. The lowest BCUT2D eigenvalue weighted by atomic mass is 9.81. The first-order chi connectivity index (χ1) is 6.12. The number of aliphatic hydroxyl groups excluding tert-OH is 1. The SMILES string of the molecule is CC(CN)(CCO)c1csc(Cl)c1. The number of thiophene rings is 1. The van der Waals surface area contributed by atoms with Gasteiger partial charge in [-0.3, -0.25) is 0 Å². The van der Waals surface area contributed by atoms with Crippen LogP contribution in [0.15, 0.2) is 11.4 Å². The Morgan fingerprint density at radius 3 is 2.77 bits per heavy atom. The lowest BCUT2D eigenvalue weighted by molar-refractivity contribution is 0.247. The van der Waals surface area contributed by atoms with Crippen molar-refractivity contribution in [1.82, 2.24) is 0 Å². The Morgan fingerprint density at radius 2 is 2.38 bits per heavy atom. The molecule has 1 heterocycles. The zero-order chi connectivity index (χ0) is 9.90. The van der Waals surface area contributed by atoms with Gasteiger partial charge in [-0.2, -0.15) is 0 Å². The van der Waals surface area contributed by atoms with Crippen LogP contribution in [0.5, 0.6) is 0 Å². The molecule has 1 rings (SSSR count). The summed E-state index contributed by atoms with van der Waals surface area (Å²) in [6, 6.07) is 1.93. The molecule has 13 heavy (non-hydrogen) atoms. The predicted molar refractivity (Wildman–Crippen MR) is 57.4 cm³/mol. The molecule has 0 spiro atoms. The summed E-state index contributed by atoms with van der Waals surface area (Å²) in [6.07, 6.45) is 0.677. The molecule has 0 aromatic carbocycles. The third-order valence-corrected chi connectivity index (χ3v) is 3.47. The van der Waals surface area contributed by atoms with E-state index in [1.807, 2.05) is 18.4 Å². The van der Waals surface area contributed by atoms with E-state index in [4.69, 9.17) is 22.4 Å². The van der Waals surface area contributed by atoms with E-state index in [-0.39, 0.29) is 12.0 Å². The Bertz CT molecular complexity index is 276. The van der Waals surface area contributed by atoms with Gasteiger partial charge in [0.05, 0.1) is 4.34 Å². The molecule has 74 valence electrons. The van der Waals surface area contributed by atoms with Crippen LogP contribution in [0.25, 0.3) is 0 Å². The van der Waals surface area contributed by atoms with Gasteiger partial charge in [0, 0.05) is 18.6 Å². The zero-order valence-electron chi connectivity index (χ0n) is 7.59. The van der Waals surface area contributed by atoms with Gasteiger partial charge in [0.2, 0.25) is 0 Å². The third-order valence-electron chi connectivity index (χ3n) is 2.38. The number of rotatable bonds is 4. The molecule has 0 saturated carbocycles. The van der Waals surface area contributed by atoms with Crippen molar-refractivity contribution < 1.29 is 5.11 Å². The van der Waals surface area contributed by atoms with Gasteiger partial charge in [-0.05, 0) is 23.4 Å². The van der Waals surface area contributed by atoms with Gasteiger partial charge >= 0.3 is 0 Å². The van der Waals surface area contributed by atoms with Crippen LogP contribution in [0.2, 0.25) is 4.34 Å². The molecule has 1 aromatic rings. The van der Waals surface area contributed by atoms with Gasteiger partial charge in [-0.25, -0.2) is 0 Å². The van der Waals surface area contributed by atoms with Crippen LogP contribution in [-0.4, -0.2) is 18.3 Å². The predicted octanol–water partition coefficient (Wildman–Crippen LogP) is 2.00. The highest BCUT2D eigenvalue weighted by Gasteiger charge is 2.25. The summed E-state index contributed by atoms with van der Waals surface area (Å²) in [4.78, 5) is 0. The van der Waals surface area contributed by atoms with Crippen LogP contribution >= 0.6 is 22.9 Å². The van der Waals surface area contributed by atoms with E-state index in [1.165, 1.54) is 11.3 Å². The van der Waals surface area contributed by atoms with Crippen molar-refractivity contribution in [3.8, 4) is 0 Å². The molecule has 0 aliphatic heterocycles. The van der Waals surface area contributed by atoms with Gasteiger partial charge in [-0.1, -0.05) is 18.5 Å². The molecule has 1 atom stereocenters. The topological polar surface area (TPSA) is 46.2 Å². The highest BCUT2D eigenvalue weighted by Crippen LogP contribution is 2.32. The van der Waals surface area contributed by atoms with Crippen LogP contribution in [0, 0.1) is 0 Å². The molecule has 0 radical (unpaired) electrons. The van der Waals surface area contributed by atoms with Crippen LogP contribution < -0.4 is 5.73 Å². The highest BCUT2D eigenvalue weighted by molar-refractivity contribution is 7.14. The minimum absolute atomic E-state index is 0.140. The molecule has 1 unspecified atom stereocenters. The molecule has 0 aliphatic carbocycles. The maximum atomic E-state index is 8.92. The summed E-state index contributed by atoms with van der Waals surface area (Å²) in [5.41, 5.74) is 6.67. The zero-order valence-corrected chi connectivity index (χ0v) is 9.16. The van der Waals surface area contributed by atoms with E-state index in [2.05, 4.69) is 0 Å². The molecule has 0 saturated heterocycles. The first-order valence-corrected chi connectivity index (χ1v) is 5.43. The summed E-state index contributed by atoms with van der Waals surface area (Å²) < 4.78 is 0.771. The Kier molecular flexibility index (Phi) is 3.74. The minimum Gasteiger partial charge on any atom is -0.396 e. The number of halogens is 1. The molecule has 2 nitrogen and oxygen atoms in total. The number of hydrogen-bond acceptors (Lipinski definition) is 3. The van der Waals surface area contributed by atoms with E-state index >= 15 is 0 Å². The monoisotopic (exact) mass is 219 g/mol. The lowest BCUT2D eigenvalue weighted by Crippen LogP contribution is -2.32. The molecule has 0 fully saturated rings. The van der Waals surface area contributed by atoms with Crippen molar-refractivity contribution in [1.29, 1.82) is 0 Å². The van der Waals surface area contributed by atoms with Crippen molar-refractivity contribution in [3.63, 3.8) is 0 Å². The number of hydrogen-bond donors (Lipinski definition) is 2. The quantitative estimate of drug-likeness (QED) is 0.814. The molecule has 1 aromatic heterocycles. The largest absolute Gasteiger partial charge is 0.396 e. The second kappa shape index (κ2) is 4.42. The van der Waals surface area contributed by atoms with Gasteiger partial charge in [0.1, 0.15) is 0 Å². The van der Waals surface area contributed by atoms with Gasteiger partial charge < -0.3 is 10.8 Å². The van der Waals surface area contributed by atoms with Crippen molar-refractivity contribution in [3.05, 3.63) is 21.3 Å². The van der Waals surface area contributed by atoms with Crippen molar-refractivity contribution in [2.75, 3.05) is 13.2 Å². The second-order valence-electron chi connectivity index (χ2n) is 3.38. The molecular weight excluding hydrogens is 206 g/mol. The van der Waals surface area contributed by atoms with Crippen LogP contribution in [0.3, 0.4) is 0 Å². The molecular formula is C9H14ClNOS. The fourth-order valence-electron chi connectivity index (χ4n) is 1.24. The third kappa shape index (κ3) is 2.44. The van der Waals surface area contributed by atoms with Gasteiger partial charge in [-0.15, -0.1) is 11.3 Å². The van der Waals surface area contributed by atoms with E-state index in [0.29, 0.717) is 13.0 Å². The first kappa shape index (κ1) is 11.0. The average Bonchev–Trinajstić information content (AvgIpc) is 2.52. The second-order valence-corrected chi connectivity index (χ2v) is 4.92. The van der Waals surface area contributed by atoms with Crippen molar-refractivity contribution in [2.24, 2.45) is 5.73 Å². The van der Waals surface area contributed by atoms with E-state index in [9.17, 15) is 0 Å². The Hall–Kier alpha value is -0.0900. The lowest BCUT2D eigenvalue weighted by Gasteiger charge is -2.26. The van der Waals surface area contributed by atoms with E-state index < -0.39 is 0 Å². The Balaban J connectivity index is 2.88. The molecule has 0 bridgehead atoms. The maximum Gasteiger partial charge on any atom is 0.0931 e. The van der Waals surface area contributed by atoms with Crippen LogP contribution in [-0.2, 0) is 5.41 Å². The Morgan fingerprint density at radius 1 is 1.69 bits per heavy atom.